The van der Waals surface area contributed by atoms with Crippen LogP contribution in [-0.2, 0) is 0 Å². The van der Waals surface area contributed by atoms with Crippen molar-refractivity contribution in [2.45, 2.75) is 38.6 Å². The Bertz CT molecular complexity index is 833. The molecule has 0 aromatic heterocycles. The molecule has 7 heteroatoms. The average molecular weight is 397 g/mol. The van der Waals surface area contributed by atoms with Crippen molar-refractivity contribution in [2.75, 3.05) is 19.6 Å². The largest absolute Gasteiger partial charge is 0.457 e. The number of rotatable bonds is 8. The first kappa shape index (κ1) is 20.8. The summed E-state index contributed by atoms with van der Waals surface area (Å²) in [6, 6.07) is 13.2. The highest BCUT2D eigenvalue weighted by atomic mass is 16.6. The Morgan fingerprint density at radius 2 is 1.93 bits per heavy atom. The van der Waals surface area contributed by atoms with Gasteiger partial charge in [0.15, 0.2) is 0 Å². The van der Waals surface area contributed by atoms with Gasteiger partial charge in [0.2, 0.25) is 0 Å². The summed E-state index contributed by atoms with van der Waals surface area (Å²) in [6.45, 7) is 5.18. The van der Waals surface area contributed by atoms with Crippen LogP contribution in [-0.4, -0.2) is 41.4 Å². The van der Waals surface area contributed by atoms with Crippen molar-refractivity contribution in [2.24, 2.45) is 0 Å². The first-order chi connectivity index (χ1) is 14.1. The lowest BCUT2D eigenvalue weighted by Gasteiger charge is -2.32. The molecule has 0 unspecified atom stereocenters. The number of ether oxygens (including phenoxy) is 1. The van der Waals surface area contributed by atoms with Gasteiger partial charge in [-0.3, -0.25) is 14.9 Å². The normalized spacial score (nSPS) is 15.1. The molecule has 0 bridgehead atoms. The fraction of sp³-hybridized carbons (Fsp3) is 0.409. The summed E-state index contributed by atoms with van der Waals surface area (Å²) in [5.41, 5.74) is 0.0430. The summed E-state index contributed by atoms with van der Waals surface area (Å²) in [5.74, 6) is 0.533. The number of carbonyl (C=O) groups excluding carboxylic acids is 1. The Hall–Kier alpha value is -2.93. The predicted octanol–water partition coefficient (Wildman–Crippen LogP) is 4.38. The number of nitrogens with zero attached hydrogens (tertiary/aromatic N) is 2. The summed E-state index contributed by atoms with van der Waals surface area (Å²) in [7, 11) is 0. The number of carbonyl (C=O) groups is 1. The first-order valence-electron chi connectivity index (χ1n) is 10.1. The smallest absolute Gasteiger partial charge is 0.270 e. The monoisotopic (exact) mass is 397 g/mol. The molecule has 0 spiro atoms. The van der Waals surface area contributed by atoms with Gasteiger partial charge in [0, 0.05) is 31.3 Å². The molecule has 1 aliphatic rings. The maximum absolute atomic E-state index is 12.9. The molecule has 29 heavy (non-hydrogen) atoms. The van der Waals surface area contributed by atoms with E-state index < -0.39 is 4.92 Å². The molecule has 7 nitrogen and oxygen atoms in total. The van der Waals surface area contributed by atoms with Gasteiger partial charge in [-0.15, -0.1) is 0 Å². The number of nitro groups is 1. The average Bonchev–Trinajstić information content (AvgIpc) is 2.74. The Morgan fingerprint density at radius 3 is 2.59 bits per heavy atom. The quantitative estimate of drug-likeness (QED) is 0.528. The molecule has 1 saturated heterocycles. The highest BCUT2D eigenvalue weighted by Crippen LogP contribution is 2.29. The van der Waals surface area contributed by atoms with E-state index in [1.807, 2.05) is 18.2 Å². The van der Waals surface area contributed by atoms with E-state index in [1.165, 1.54) is 31.0 Å². The van der Waals surface area contributed by atoms with E-state index in [9.17, 15) is 14.9 Å². The zero-order chi connectivity index (χ0) is 20.6. The van der Waals surface area contributed by atoms with Crippen LogP contribution in [0.5, 0.6) is 11.5 Å². The summed E-state index contributed by atoms with van der Waals surface area (Å²) < 4.78 is 5.82. The molecule has 1 heterocycles. The number of nitrogens with one attached hydrogen (secondary N) is 1. The lowest BCUT2D eigenvalue weighted by molar-refractivity contribution is -0.384. The van der Waals surface area contributed by atoms with Gasteiger partial charge in [-0.05, 0) is 44.0 Å². The number of para-hydroxylation sites is 1. The summed E-state index contributed by atoms with van der Waals surface area (Å²) >= 11 is 0. The van der Waals surface area contributed by atoms with E-state index in [0.717, 1.165) is 32.5 Å². The third kappa shape index (κ3) is 5.77. The lowest BCUT2D eigenvalue weighted by Crippen LogP contribution is -2.44. The fourth-order valence-corrected chi connectivity index (χ4v) is 3.46. The van der Waals surface area contributed by atoms with E-state index >= 15 is 0 Å². The second kappa shape index (κ2) is 10.0. The van der Waals surface area contributed by atoms with E-state index in [0.29, 0.717) is 11.5 Å². The molecule has 0 saturated carbocycles. The van der Waals surface area contributed by atoms with Gasteiger partial charge in [0.05, 0.1) is 10.5 Å². The molecule has 3 rings (SSSR count). The third-order valence-electron chi connectivity index (χ3n) is 5.14. The minimum atomic E-state index is -0.505. The van der Waals surface area contributed by atoms with Crippen LogP contribution in [0.4, 0.5) is 5.69 Å². The van der Waals surface area contributed by atoms with Crippen molar-refractivity contribution < 1.29 is 14.5 Å². The number of amides is 1. The van der Waals surface area contributed by atoms with Crippen molar-refractivity contribution in [3.05, 3.63) is 64.2 Å². The van der Waals surface area contributed by atoms with Crippen LogP contribution in [0.3, 0.4) is 0 Å². The van der Waals surface area contributed by atoms with Gasteiger partial charge in [-0.2, -0.15) is 0 Å². The second-order valence-corrected chi connectivity index (χ2v) is 7.30. The van der Waals surface area contributed by atoms with Gasteiger partial charge >= 0.3 is 0 Å². The molecule has 154 valence electrons. The molecule has 2 aromatic carbocycles. The topological polar surface area (TPSA) is 84.7 Å². The van der Waals surface area contributed by atoms with Crippen LogP contribution >= 0.6 is 0 Å². The summed E-state index contributed by atoms with van der Waals surface area (Å²) in [5, 5.41) is 14.2. The zero-order valence-electron chi connectivity index (χ0n) is 16.7. The molecule has 0 atom stereocenters. The molecular formula is C22H27N3O4. The Kier molecular flexibility index (Phi) is 7.19. The summed E-state index contributed by atoms with van der Waals surface area (Å²) in [6.07, 6.45) is 4.11. The van der Waals surface area contributed by atoms with Crippen LogP contribution in [0.2, 0.25) is 0 Å². The number of hydrogen-bond acceptors (Lipinski definition) is 5. The molecule has 1 fully saturated rings. The Labute approximate surface area is 170 Å². The van der Waals surface area contributed by atoms with Crippen molar-refractivity contribution in [1.82, 2.24) is 10.2 Å². The van der Waals surface area contributed by atoms with Gasteiger partial charge in [0.1, 0.15) is 11.5 Å². The Balaban J connectivity index is 1.71. The van der Waals surface area contributed by atoms with Crippen molar-refractivity contribution >= 4 is 11.6 Å². The zero-order valence-corrected chi connectivity index (χ0v) is 16.7. The van der Waals surface area contributed by atoms with Gasteiger partial charge in [-0.1, -0.05) is 31.5 Å². The number of nitro benzene ring substituents is 1. The fourth-order valence-electron chi connectivity index (χ4n) is 3.46. The van der Waals surface area contributed by atoms with Crippen LogP contribution in [0.15, 0.2) is 48.5 Å². The van der Waals surface area contributed by atoms with Crippen LogP contribution in [0.25, 0.3) is 0 Å². The molecule has 1 N–H and O–H groups in total. The predicted molar refractivity (Wildman–Crippen MR) is 111 cm³/mol. The van der Waals surface area contributed by atoms with Crippen LogP contribution < -0.4 is 10.1 Å². The molecule has 1 aliphatic heterocycles. The first-order valence-corrected chi connectivity index (χ1v) is 10.1. The van der Waals surface area contributed by atoms with Crippen molar-refractivity contribution in [3.63, 3.8) is 0 Å². The second-order valence-electron chi connectivity index (χ2n) is 7.30. The van der Waals surface area contributed by atoms with Gasteiger partial charge < -0.3 is 15.0 Å². The van der Waals surface area contributed by atoms with E-state index in [4.69, 9.17) is 4.74 Å². The number of non-ortho nitro benzene ring substituents is 1. The minimum Gasteiger partial charge on any atom is -0.457 e. The van der Waals surface area contributed by atoms with Crippen LogP contribution in [0, 0.1) is 10.1 Å². The number of unbranched alkanes of at least 4 members (excludes halogenated alkanes) is 1. The SMILES string of the molecule is CCCCN1CCC(NC(=O)c2cc([N+](=O)[O-])ccc2Oc2ccccc2)CC1. The Morgan fingerprint density at radius 1 is 1.21 bits per heavy atom. The van der Waals surface area contributed by atoms with Gasteiger partial charge in [-0.25, -0.2) is 0 Å². The van der Waals surface area contributed by atoms with E-state index in [2.05, 4.69) is 17.1 Å². The molecule has 0 aliphatic carbocycles. The minimum absolute atomic E-state index is 0.0595. The highest BCUT2D eigenvalue weighted by molar-refractivity contribution is 5.97. The van der Waals surface area contributed by atoms with Crippen LogP contribution in [0.1, 0.15) is 43.0 Å². The number of likely N-dealkylation sites (tertiary alicyclic amines) is 1. The van der Waals surface area contributed by atoms with E-state index in [-0.39, 0.29) is 23.2 Å². The summed E-state index contributed by atoms with van der Waals surface area (Å²) in [4.78, 5) is 26.0. The third-order valence-corrected chi connectivity index (χ3v) is 5.14. The highest BCUT2D eigenvalue weighted by Gasteiger charge is 2.24. The number of hydrogen-bond donors (Lipinski definition) is 1. The molecular weight excluding hydrogens is 370 g/mol. The maximum atomic E-state index is 12.9. The van der Waals surface area contributed by atoms with E-state index in [1.54, 1.807) is 12.1 Å². The standard InChI is InChI=1S/C22H27N3O4/c1-2-3-13-24-14-11-17(12-15-24)23-22(26)20-16-18(25(27)28)9-10-21(20)29-19-7-5-4-6-8-19/h4-10,16-17H,2-3,11-15H2,1H3,(H,23,26). The number of piperidine rings is 1. The molecule has 0 radical (unpaired) electrons. The number of benzene rings is 2. The molecule has 2 aromatic rings. The lowest BCUT2D eigenvalue weighted by atomic mass is 10.0. The van der Waals surface area contributed by atoms with Crippen molar-refractivity contribution in [1.29, 1.82) is 0 Å². The van der Waals surface area contributed by atoms with Crippen molar-refractivity contribution in [3.8, 4) is 11.5 Å². The molecule has 1 amide bonds. The van der Waals surface area contributed by atoms with Gasteiger partial charge in [0.25, 0.3) is 11.6 Å². The maximum Gasteiger partial charge on any atom is 0.270 e.